The molecule has 10 rings (SSSR count). The lowest BCUT2D eigenvalue weighted by molar-refractivity contribution is 0.617. The average molecular weight is 635 g/mol. The third kappa shape index (κ3) is 4.33. The predicted molar refractivity (Wildman–Crippen MR) is 200 cm³/mol. The molecule has 0 spiro atoms. The average Bonchev–Trinajstić information content (AvgIpc) is 3.85. The maximum atomic E-state index is 6.54. The summed E-state index contributed by atoms with van der Waals surface area (Å²) in [6, 6.07) is 55.1. The summed E-state index contributed by atoms with van der Waals surface area (Å²) in [5.74, 6) is 0.606. The number of fused-ring (bicyclic) bond motifs is 7. The van der Waals surface area contributed by atoms with Gasteiger partial charge in [0.25, 0.3) is 0 Å². The van der Waals surface area contributed by atoms with Gasteiger partial charge < -0.3 is 13.7 Å². The zero-order valence-electron chi connectivity index (χ0n) is 25.6. The Kier molecular flexibility index (Phi) is 6.01. The number of anilines is 3. The van der Waals surface area contributed by atoms with Crippen LogP contribution < -0.4 is 4.90 Å². The van der Waals surface area contributed by atoms with E-state index in [1.807, 2.05) is 47.7 Å². The van der Waals surface area contributed by atoms with E-state index in [0.717, 1.165) is 50.1 Å². The Hall–Kier alpha value is -6.17. The predicted octanol–water partition coefficient (Wildman–Crippen LogP) is 12.9. The first-order valence-corrected chi connectivity index (χ1v) is 16.8. The summed E-state index contributed by atoms with van der Waals surface area (Å²) in [4.78, 5) is 7.15. The van der Waals surface area contributed by atoms with Crippen LogP contribution in [0.1, 0.15) is 0 Å². The summed E-state index contributed by atoms with van der Waals surface area (Å²) in [5.41, 5.74) is 9.66. The molecule has 0 bridgehead atoms. The Labute approximate surface area is 279 Å². The van der Waals surface area contributed by atoms with Gasteiger partial charge in [-0.05, 0) is 65.7 Å². The van der Waals surface area contributed by atoms with Crippen LogP contribution in [-0.4, -0.2) is 4.98 Å². The molecule has 0 amide bonds. The first-order valence-electron chi connectivity index (χ1n) is 15.9. The molecular weight excluding hydrogens is 609 g/mol. The van der Waals surface area contributed by atoms with Crippen molar-refractivity contribution in [3.63, 3.8) is 0 Å². The van der Waals surface area contributed by atoms with Gasteiger partial charge in [0.15, 0.2) is 5.58 Å². The van der Waals surface area contributed by atoms with Crippen molar-refractivity contribution in [2.45, 2.75) is 0 Å². The van der Waals surface area contributed by atoms with E-state index in [2.05, 4.69) is 126 Å². The highest BCUT2D eigenvalue weighted by Crippen LogP contribution is 2.46. The van der Waals surface area contributed by atoms with Crippen LogP contribution in [0.3, 0.4) is 0 Å². The van der Waals surface area contributed by atoms with Gasteiger partial charge in [-0.2, -0.15) is 0 Å². The van der Waals surface area contributed by atoms with Gasteiger partial charge in [0.2, 0.25) is 5.89 Å². The van der Waals surface area contributed by atoms with Crippen molar-refractivity contribution in [3.05, 3.63) is 158 Å². The molecule has 5 heteroatoms. The van der Waals surface area contributed by atoms with Crippen molar-refractivity contribution in [1.82, 2.24) is 4.98 Å². The van der Waals surface area contributed by atoms with E-state index in [0.29, 0.717) is 11.5 Å². The highest BCUT2D eigenvalue weighted by atomic mass is 32.1. The second-order valence-corrected chi connectivity index (χ2v) is 13.0. The smallest absolute Gasteiger partial charge is 0.227 e. The molecule has 0 fully saturated rings. The molecule has 0 saturated heterocycles. The SMILES string of the molecule is c1ccc(-c2ccc(N(c3ccc4c(c3)oc3cc5oc(-c6ccccc6)nc5cc34)c3cccc4c3sc3ccccc34)cc2)cc1. The van der Waals surface area contributed by atoms with Crippen molar-refractivity contribution in [2.75, 3.05) is 4.90 Å². The van der Waals surface area contributed by atoms with Crippen molar-refractivity contribution in [2.24, 2.45) is 0 Å². The number of hydrogen-bond acceptors (Lipinski definition) is 5. The lowest BCUT2D eigenvalue weighted by Gasteiger charge is -2.26. The van der Waals surface area contributed by atoms with Crippen molar-refractivity contribution in [1.29, 1.82) is 0 Å². The number of aromatic nitrogens is 1. The Bertz CT molecular complexity index is 2780. The minimum absolute atomic E-state index is 0.606. The summed E-state index contributed by atoms with van der Waals surface area (Å²) < 4.78 is 15.2. The summed E-state index contributed by atoms with van der Waals surface area (Å²) in [6.45, 7) is 0. The van der Waals surface area contributed by atoms with E-state index in [-0.39, 0.29) is 0 Å². The third-order valence-electron chi connectivity index (χ3n) is 9.10. The molecule has 3 aromatic heterocycles. The summed E-state index contributed by atoms with van der Waals surface area (Å²) >= 11 is 1.83. The number of oxazole rings is 1. The molecule has 0 saturated carbocycles. The first kappa shape index (κ1) is 27.0. The standard InChI is InChI=1S/C43H26N2O2S/c1-3-10-27(11-4-1)28-18-20-30(21-19-28)45(37-16-9-15-34-33-14-7-8-17-41(33)48-42(34)37)31-22-23-32-35-25-36-40(26-39(35)46-38(32)24-31)47-43(44-36)29-12-5-2-6-13-29/h1-26H. The number of benzene rings is 7. The summed E-state index contributed by atoms with van der Waals surface area (Å²) in [6.07, 6.45) is 0. The maximum Gasteiger partial charge on any atom is 0.227 e. The fourth-order valence-electron chi connectivity index (χ4n) is 6.80. The zero-order valence-corrected chi connectivity index (χ0v) is 26.4. The van der Waals surface area contributed by atoms with Crippen molar-refractivity contribution in [3.8, 4) is 22.6 Å². The van der Waals surface area contributed by atoms with Gasteiger partial charge in [-0.3, -0.25) is 0 Å². The van der Waals surface area contributed by atoms with Gasteiger partial charge in [0, 0.05) is 55.3 Å². The molecule has 3 heterocycles. The van der Waals surface area contributed by atoms with E-state index in [9.17, 15) is 0 Å². The molecule has 7 aromatic carbocycles. The molecule has 4 nitrogen and oxygen atoms in total. The van der Waals surface area contributed by atoms with Gasteiger partial charge in [0.1, 0.15) is 16.7 Å². The summed E-state index contributed by atoms with van der Waals surface area (Å²) in [7, 11) is 0. The van der Waals surface area contributed by atoms with Crippen LogP contribution in [0.4, 0.5) is 17.1 Å². The third-order valence-corrected chi connectivity index (χ3v) is 10.3. The van der Waals surface area contributed by atoms with Gasteiger partial charge in [-0.1, -0.05) is 91.0 Å². The zero-order chi connectivity index (χ0) is 31.6. The van der Waals surface area contributed by atoms with Gasteiger partial charge >= 0.3 is 0 Å². The molecule has 0 atom stereocenters. The van der Waals surface area contributed by atoms with E-state index < -0.39 is 0 Å². The van der Waals surface area contributed by atoms with Crippen LogP contribution in [-0.2, 0) is 0 Å². The normalized spacial score (nSPS) is 11.8. The lowest BCUT2D eigenvalue weighted by Crippen LogP contribution is -2.10. The fourth-order valence-corrected chi connectivity index (χ4v) is 8.01. The van der Waals surface area contributed by atoms with Gasteiger partial charge in [0.05, 0.1) is 10.4 Å². The topological polar surface area (TPSA) is 42.4 Å². The van der Waals surface area contributed by atoms with Crippen LogP contribution in [0.2, 0.25) is 0 Å². The number of nitrogens with zero attached hydrogens (tertiary/aromatic N) is 2. The number of hydrogen-bond donors (Lipinski definition) is 0. The quantitative estimate of drug-likeness (QED) is 0.189. The second-order valence-electron chi connectivity index (χ2n) is 12.0. The van der Waals surface area contributed by atoms with Crippen LogP contribution in [0.5, 0.6) is 0 Å². The molecule has 10 aromatic rings. The number of thiophene rings is 1. The van der Waals surface area contributed by atoms with Crippen LogP contribution in [0, 0.1) is 0 Å². The lowest BCUT2D eigenvalue weighted by atomic mass is 10.0. The Balaban J connectivity index is 1.14. The number of rotatable bonds is 5. The molecule has 226 valence electrons. The molecule has 0 aliphatic heterocycles. The molecule has 0 radical (unpaired) electrons. The largest absolute Gasteiger partial charge is 0.456 e. The highest BCUT2D eigenvalue weighted by molar-refractivity contribution is 7.26. The Morgan fingerprint density at radius 2 is 1.15 bits per heavy atom. The molecular formula is C43H26N2O2S. The highest BCUT2D eigenvalue weighted by Gasteiger charge is 2.20. The second kappa shape index (κ2) is 10.7. The van der Waals surface area contributed by atoms with Crippen molar-refractivity contribution >= 4 is 81.6 Å². The van der Waals surface area contributed by atoms with E-state index in [1.165, 1.54) is 31.3 Å². The molecule has 48 heavy (non-hydrogen) atoms. The molecule has 0 aliphatic rings. The number of furan rings is 1. The van der Waals surface area contributed by atoms with Gasteiger partial charge in [-0.25, -0.2) is 4.98 Å². The molecule has 0 aliphatic carbocycles. The minimum atomic E-state index is 0.606. The van der Waals surface area contributed by atoms with Crippen LogP contribution in [0.15, 0.2) is 167 Å². The molecule has 0 N–H and O–H groups in total. The van der Waals surface area contributed by atoms with Crippen LogP contribution in [0.25, 0.3) is 75.8 Å². The van der Waals surface area contributed by atoms with E-state index in [4.69, 9.17) is 13.8 Å². The monoisotopic (exact) mass is 634 g/mol. The summed E-state index contributed by atoms with van der Waals surface area (Å²) in [5, 5.41) is 4.59. The van der Waals surface area contributed by atoms with E-state index >= 15 is 0 Å². The van der Waals surface area contributed by atoms with Crippen molar-refractivity contribution < 1.29 is 8.83 Å². The fraction of sp³-hybridized carbons (Fsp3) is 0. The maximum absolute atomic E-state index is 6.54. The van der Waals surface area contributed by atoms with Gasteiger partial charge in [-0.15, -0.1) is 11.3 Å². The molecule has 0 unspecified atom stereocenters. The Morgan fingerprint density at radius 1 is 0.458 bits per heavy atom. The van der Waals surface area contributed by atoms with E-state index in [1.54, 1.807) is 0 Å². The minimum Gasteiger partial charge on any atom is -0.456 e. The Morgan fingerprint density at radius 3 is 1.98 bits per heavy atom. The van der Waals surface area contributed by atoms with Crippen LogP contribution >= 0.6 is 11.3 Å². The first-order chi connectivity index (χ1) is 23.8.